The first-order chi connectivity index (χ1) is 11.1. The van der Waals surface area contributed by atoms with Crippen LogP contribution in [0.5, 0.6) is 0 Å². The summed E-state index contributed by atoms with van der Waals surface area (Å²) in [5.74, 6) is -0.985. The second-order valence-electron chi connectivity index (χ2n) is 4.46. The van der Waals surface area contributed by atoms with Crippen LogP contribution in [0, 0.1) is 0 Å². The van der Waals surface area contributed by atoms with Gasteiger partial charge in [0.05, 0.1) is 16.0 Å². The molecule has 0 aliphatic carbocycles. The number of anilines is 1. The molecule has 6 nitrogen and oxygen atoms in total. The maximum Gasteiger partial charge on any atom is 0.416 e. The minimum Gasteiger partial charge on any atom is -0.366 e. The van der Waals surface area contributed by atoms with Gasteiger partial charge in [-0.05, 0) is 24.3 Å². The van der Waals surface area contributed by atoms with Crippen LogP contribution in [0.25, 0.3) is 0 Å². The number of halogens is 3. The minimum atomic E-state index is -4.70. The van der Waals surface area contributed by atoms with Crippen LogP contribution < -0.4 is 11.1 Å². The highest BCUT2D eigenvalue weighted by atomic mass is 32.2. The molecule has 1 aromatic carbocycles. The van der Waals surface area contributed by atoms with E-state index in [9.17, 15) is 31.2 Å². The number of amides is 2. The number of hydrogen-bond donors (Lipinski definition) is 2. The van der Waals surface area contributed by atoms with E-state index in [0.29, 0.717) is 17.4 Å². The van der Waals surface area contributed by atoms with Crippen LogP contribution in [0.15, 0.2) is 39.4 Å². The Morgan fingerprint density at radius 3 is 2.46 bits per heavy atom. The van der Waals surface area contributed by atoms with Gasteiger partial charge in [0.2, 0.25) is 16.2 Å². The van der Waals surface area contributed by atoms with Crippen molar-refractivity contribution in [3.05, 3.63) is 41.5 Å². The summed E-state index contributed by atoms with van der Waals surface area (Å²) in [6.45, 7) is 0. The highest BCUT2D eigenvalue weighted by Gasteiger charge is 2.32. The van der Waals surface area contributed by atoms with Gasteiger partial charge in [0.25, 0.3) is 5.91 Å². The maximum atomic E-state index is 12.7. The molecule has 24 heavy (non-hydrogen) atoms. The number of primary amides is 1. The maximum absolute atomic E-state index is 12.7. The molecule has 0 bridgehead atoms. The Kier molecular flexibility index (Phi) is 4.67. The zero-order valence-electron chi connectivity index (χ0n) is 11.6. The molecule has 11 heteroatoms. The van der Waals surface area contributed by atoms with E-state index in [-0.39, 0.29) is 17.0 Å². The summed E-state index contributed by atoms with van der Waals surface area (Å²) in [5, 5.41) is 2.02. The van der Waals surface area contributed by atoms with Gasteiger partial charge in [0.15, 0.2) is 0 Å². The summed E-state index contributed by atoms with van der Waals surface area (Å²) in [4.78, 5) is 21.2. The van der Waals surface area contributed by atoms with E-state index >= 15 is 0 Å². The molecule has 0 unspecified atom stereocenters. The van der Waals surface area contributed by atoms with Gasteiger partial charge >= 0.3 is 6.18 Å². The highest BCUT2D eigenvalue weighted by Crippen LogP contribution is 2.36. The minimum absolute atomic E-state index is 0.108. The molecule has 0 aliphatic rings. The highest BCUT2D eigenvalue weighted by molar-refractivity contribution is 7.93. The van der Waals surface area contributed by atoms with Crippen LogP contribution in [-0.4, -0.2) is 20.7 Å². The Hall–Kier alpha value is -2.40. The Labute approximate surface area is 138 Å². The largest absolute Gasteiger partial charge is 0.416 e. The third kappa shape index (κ3) is 3.41. The van der Waals surface area contributed by atoms with E-state index in [1.54, 1.807) is 0 Å². The quantitative estimate of drug-likeness (QED) is 0.779. The van der Waals surface area contributed by atoms with E-state index in [1.807, 2.05) is 0 Å². The van der Waals surface area contributed by atoms with E-state index < -0.39 is 36.6 Å². The molecular formula is C13H9F3N2O4S2. The Balaban J connectivity index is 2.57. The smallest absolute Gasteiger partial charge is 0.366 e. The molecule has 3 N–H and O–H groups in total. The number of carbonyl (C=O) groups is 2. The standard InChI is InChI=1S/C13H9F3N2O4S2/c14-13(15,16)7-2-1-3-8(4-7)24(21,22)10-5-9(11(17)20)12(23-10)18-6-19/h1-6H,(H2,17,20)(H,18,19). The average molecular weight is 378 g/mol. The number of benzene rings is 1. The molecule has 0 aliphatic heterocycles. The number of thiophene rings is 1. The normalized spacial score (nSPS) is 12.0. The Bertz CT molecular complexity index is 904. The number of nitrogens with two attached hydrogens (primary N) is 1. The van der Waals surface area contributed by atoms with Crippen molar-refractivity contribution >= 4 is 38.5 Å². The molecule has 0 saturated heterocycles. The van der Waals surface area contributed by atoms with Crippen molar-refractivity contribution in [3.63, 3.8) is 0 Å². The fourth-order valence-corrected chi connectivity index (χ4v) is 4.58. The lowest BCUT2D eigenvalue weighted by molar-refractivity contribution is -0.137. The summed E-state index contributed by atoms with van der Waals surface area (Å²) < 4.78 is 62.7. The van der Waals surface area contributed by atoms with Gasteiger partial charge in [-0.25, -0.2) is 8.42 Å². The van der Waals surface area contributed by atoms with Gasteiger partial charge in [-0.15, -0.1) is 11.3 Å². The molecule has 2 rings (SSSR count). The van der Waals surface area contributed by atoms with Crippen molar-refractivity contribution in [2.75, 3.05) is 5.32 Å². The third-order valence-electron chi connectivity index (χ3n) is 2.90. The topological polar surface area (TPSA) is 106 Å². The van der Waals surface area contributed by atoms with Crippen LogP contribution in [0.3, 0.4) is 0 Å². The van der Waals surface area contributed by atoms with Crippen LogP contribution in [0.1, 0.15) is 15.9 Å². The number of carbonyl (C=O) groups excluding carboxylic acids is 2. The number of sulfone groups is 1. The van der Waals surface area contributed by atoms with Crippen molar-refractivity contribution in [3.8, 4) is 0 Å². The first-order valence-corrected chi connectivity index (χ1v) is 8.43. The van der Waals surface area contributed by atoms with Crippen molar-refractivity contribution in [2.45, 2.75) is 15.3 Å². The molecule has 1 aromatic heterocycles. The predicted octanol–water partition coefficient (Wildman–Crippen LogP) is 2.27. The Morgan fingerprint density at radius 1 is 1.25 bits per heavy atom. The van der Waals surface area contributed by atoms with Crippen molar-refractivity contribution < 1.29 is 31.2 Å². The summed E-state index contributed by atoms with van der Waals surface area (Å²) in [6, 6.07) is 4.10. The lowest BCUT2D eigenvalue weighted by Crippen LogP contribution is -2.12. The fourth-order valence-electron chi connectivity index (χ4n) is 1.80. The van der Waals surface area contributed by atoms with E-state index in [1.165, 1.54) is 0 Å². The average Bonchev–Trinajstić information content (AvgIpc) is 2.92. The molecule has 1 heterocycles. The van der Waals surface area contributed by atoms with Crippen LogP contribution in [-0.2, 0) is 20.8 Å². The second kappa shape index (κ2) is 6.24. The van der Waals surface area contributed by atoms with Gasteiger partial charge in [-0.3, -0.25) is 9.59 Å². The first kappa shape index (κ1) is 17.9. The summed E-state index contributed by atoms with van der Waals surface area (Å²) >= 11 is 0.515. The SMILES string of the molecule is NC(=O)c1cc(S(=O)(=O)c2cccc(C(F)(F)F)c2)sc1NC=O. The first-order valence-electron chi connectivity index (χ1n) is 6.13. The number of rotatable bonds is 5. The van der Waals surface area contributed by atoms with Gasteiger partial charge < -0.3 is 11.1 Å². The van der Waals surface area contributed by atoms with Crippen LogP contribution in [0.4, 0.5) is 18.2 Å². The van der Waals surface area contributed by atoms with Crippen LogP contribution >= 0.6 is 11.3 Å². The summed E-state index contributed by atoms with van der Waals surface area (Å²) in [5.41, 5.74) is 3.71. The lowest BCUT2D eigenvalue weighted by Gasteiger charge is -2.08. The Morgan fingerprint density at radius 2 is 1.92 bits per heavy atom. The van der Waals surface area contributed by atoms with Gasteiger partial charge in [0, 0.05) is 0 Å². The zero-order valence-corrected chi connectivity index (χ0v) is 13.3. The molecule has 0 atom stereocenters. The molecular weight excluding hydrogens is 369 g/mol. The van der Waals surface area contributed by atoms with E-state index in [4.69, 9.17) is 5.73 Å². The van der Waals surface area contributed by atoms with E-state index in [2.05, 4.69) is 5.32 Å². The molecule has 0 radical (unpaired) electrons. The van der Waals surface area contributed by atoms with Gasteiger partial charge in [-0.2, -0.15) is 13.2 Å². The summed E-state index contributed by atoms with van der Waals surface area (Å²) in [6.07, 6.45) is -4.48. The zero-order chi connectivity index (χ0) is 18.1. The van der Waals surface area contributed by atoms with Crippen molar-refractivity contribution in [2.24, 2.45) is 5.73 Å². The van der Waals surface area contributed by atoms with Crippen molar-refractivity contribution in [1.82, 2.24) is 0 Å². The number of nitrogens with one attached hydrogen (secondary N) is 1. The van der Waals surface area contributed by atoms with Gasteiger partial charge in [-0.1, -0.05) is 6.07 Å². The summed E-state index contributed by atoms with van der Waals surface area (Å²) in [7, 11) is -4.32. The van der Waals surface area contributed by atoms with Crippen molar-refractivity contribution in [1.29, 1.82) is 0 Å². The number of alkyl halides is 3. The molecule has 128 valence electrons. The second-order valence-corrected chi connectivity index (χ2v) is 7.69. The fraction of sp³-hybridized carbons (Fsp3) is 0.0769. The predicted molar refractivity (Wildman–Crippen MR) is 79.4 cm³/mol. The molecule has 0 fully saturated rings. The molecule has 2 aromatic rings. The van der Waals surface area contributed by atoms with Gasteiger partial charge in [0.1, 0.15) is 9.21 Å². The third-order valence-corrected chi connectivity index (χ3v) is 6.19. The molecule has 0 spiro atoms. The monoisotopic (exact) mass is 378 g/mol. The van der Waals surface area contributed by atoms with Crippen LogP contribution in [0.2, 0.25) is 0 Å². The number of hydrogen-bond acceptors (Lipinski definition) is 5. The molecule has 2 amide bonds. The lowest BCUT2D eigenvalue weighted by atomic mass is 10.2. The van der Waals surface area contributed by atoms with E-state index in [0.717, 1.165) is 24.3 Å². The molecule has 0 saturated carbocycles.